The topological polar surface area (TPSA) is 68.5 Å². The third-order valence-electron chi connectivity index (χ3n) is 2.39. The predicted molar refractivity (Wildman–Crippen MR) is 69.4 cm³/mol. The van der Waals surface area contributed by atoms with Gasteiger partial charge in [-0.05, 0) is 13.0 Å². The van der Waals surface area contributed by atoms with Gasteiger partial charge in [-0.1, -0.05) is 25.9 Å². The monoisotopic (exact) mass is 252 g/mol. The van der Waals surface area contributed by atoms with Crippen LogP contribution in [0.3, 0.4) is 0 Å². The molecule has 1 aromatic rings. The van der Waals surface area contributed by atoms with Crippen LogP contribution in [0.1, 0.15) is 26.5 Å². The van der Waals surface area contributed by atoms with Gasteiger partial charge in [-0.15, -0.1) is 0 Å². The minimum atomic E-state index is -0.576. The number of oxime groups is 1. The van der Waals surface area contributed by atoms with Crippen LogP contribution in [0.2, 0.25) is 0 Å². The number of carbonyl (C=O) groups is 1. The molecule has 1 rings (SSSR count). The van der Waals surface area contributed by atoms with E-state index < -0.39 is 6.09 Å². The standard InChI is InChI=1S/C12H20N4O2/c1-9-6-7-16(14-9)8-10(12(2,3)4)15-18-11(17)13-5/h6-7H,8H2,1-5H3,(H,13,17). The average Bonchev–Trinajstić information content (AvgIpc) is 2.68. The lowest BCUT2D eigenvalue weighted by Gasteiger charge is -2.20. The van der Waals surface area contributed by atoms with Crippen molar-refractivity contribution in [3.63, 3.8) is 0 Å². The Morgan fingerprint density at radius 1 is 1.56 bits per heavy atom. The fraction of sp³-hybridized carbons (Fsp3) is 0.583. The van der Waals surface area contributed by atoms with Crippen molar-refractivity contribution in [1.29, 1.82) is 0 Å². The van der Waals surface area contributed by atoms with E-state index in [0.29, 0.717) is 6.54 Å². The van der Waals surface area contributed by atoms with Crippen LogP contribution in [-0.2, 0) is 11.4 Å². The zero-order valence-corrected chi connectivity index (χ0v) is 11.5. The molecule has 1 heterocycles. The van der Waals surface area contributed by atoms with Crippen LogP contribution in [0.5, 0.6) is 0 Å². The lowest BCUT2D eigenvalue weighted by atomic mass is 9.90. The van der Waals surface area contributed by atoms with Gasteiger partial charge >= 0.3 is 6.09 Å². The molecule has 0 atom stereocenters. The van der Waals surface area contributed by atoms with E-state index in [1.54, 1.807) is 4.68 Å². The van der Waals surface area contributed by atoms with Gasteiger partial charge in [0, 0.05) is 18.7 Å². The Morgan fingerprint density at radius 3 is 2.67 bits per heavy atom. The van der Waals surface area contributed by atoms with Gasteiger partial charge in [0.25, 0.3) is 0 Å². The minimum Gasteiger partial charge on any atom is -0.323 e. The molecule has 1 amide bonds. The third-order valence-corrected chi connectivity index (χ3v) is 2.39. The highest BCUT2D eigenvalue weighted by molar-refractivity contribution is 5.89. The first kappa shape index (κ1) is 14.2. The van der Waals surface area contributed by atoms with E-state index in [2.05, 4.69) is 15.6 Å². The Hall–Kier alpha value is -1.85. The lowest BCUT2D eigenvalue weighted by Crippen LogP contribution is -2.27. The van der Waals surface area contributed by atoms with Gasteiger partial charge in [-0.2, -0.15) is 5.10 Å². The summed E-state index contributed by atoms with van der Waals surface area (Å²) in [5.41, 5.74) is 1.48. The number of carbonyl (C=O) groups excluding carboxylic acids is 1. The number of hydrogen-bond acceptors (Lipinski definition) is 4. The fourth-order valence-electron chi connectivity index (χ4n) is 1.25. The molecule has 100 valence electrons. The fourth-order valence-corrected chi connectivity index (χ4v) is 1.25. The third kappa shape index (κ3) is 4.20. The number of aryl methyl sites for hydroxylation is 1. The molecule has 0 saturated heterocycles. The molecule has 0 unspecified atom stereocenters. The zero-order chi connectivity index (χ0) is 13.8. The van der Waals surface area contributed by atoms with E-state index in [0.717, 1.165) is 11.4 Å². The van der Waals surface area contributed by atoms with Gasteiger partial charge in [-0.3, -0.25) is 9.52 Å². The molecule has 0 aliphatic heterocycles. The SMILES string of the molecule is CNC(=O)ON=C(Cn1ccc(C)n1)C(C)(C)C. The summed E-state index contributed by atoms with van der Waals surface area (Å²) in [4.78, 5) is 15.8. The summed E-state index contributed by atoms with van der Waals surface area (Å²) in [5.74, 6) is 0. The van der Waals surface area contributed by atoms with Crippen molar-refractivity contribution in [3.05, 3.63) is 18.0 Å². The summed E-state index contributed by atoms with van der Waals surface area (Å²) in [7, 11) is 1.49. The Balaban J connectivity index is 2.82. The van der Waals surface area contributed by atoms with Crippen LogP contribution in [0.4, 0.5) is 4.79 Å². The van der Waals surface area contributed by atoms with Crippen LogP contribution in [0, 0.1) is 12.3 Å². The maximum atomic E-state index is 11.0. The molecule has 6 heteroatoms. The van der Waals surface area contributed by atoms with Gasteiger partial charge in [0.05, 0.1) is 18.0 Å². The number of nitrogens with zero attached hydrogens (tertiary/aromatic N) is 3. The van der Waals surface area contributed by atoms with E-state index in [1.165, 1.54) is 7.05 Å². The highest BCUT2D eigenvalue weighted by Gasteiger charge is 2.21. The number of aromatic nitrogens is 2. The van der Waals surface area contributed by atoms with Crippen molar-refractivity contribution in [2.75, 3.05) is 7.05 Å². The first-order valence-electron chi connectivity index (χ1n) is 5.79. The quantitative estimate of drug-likeness (QED) is 0.508. The van der Waals surface area contributed by atoms with Crippen LogP contribution in [0.25, 0.3) is 0 Å². The van der Waals surface area contributed by atoms with Crippen molar-refractivity contribution < 1.29 is 9.63 Å². The molecule has 0 fully saturated rings. The Bertz CT molecular complexity index is 443. The molecule has 0 saturated carbocycles. The molecule has 0 bridgehead atoms. The maximum Gasteiger partial charge on any atom is 0.433 e. The van der Waals surface area contributed by atoms with Gasteiger partial charge in [0.1, 0.15) is 0 Å². The molecule has 0 aliphatic carbocycles. The zero-order valence-electron chi connectivity index (χ0n) is 11.5. The van der Waals surface area contributed by atoms with Crippen molar-refractivity contribution in [3.8, 4) is 0 Å². The Morgan fingerprint density at radius 2 is 2.22 bits per heavy atom. The van der Waals surface area contributed by atoms with Crippen molar-refractivity contribution >= 4 is 11.8 Å². The number of nitrogens with one attached hydrogen (secondary N) is 1. The highest BCUT2D eigenvalue weighted by atomic mass is 16.7. The predicted octanol–water partition coefficient (Wildman–Crippen LogP) is 1.95. The van der Waals surface area contributed by atoms with E-state index in [1.807, 2.05) is 40.0 Å². The summed E-state index contributed by atoms with van der Waals surface area (Å²) >= 11 is 0. The van der Waals surface area contributed by atoms with Crippen LogP contribution < -0.4 is 5.32 Å². The number of rotatable bonds is 3. The van der Waals surface area contributed by atoms with Crippen LogP contribution >= 0.6 is 0 Å². The molecule has 0 spiro atoms. The van der Waals surface area contributed by atoms with E-state index >= 15 is 0 Å². The van der Waals surface area contributed by atoms with Gasteiger partial charge in [0.15, 0.2) is 0 Å². The molecule has 6 nitrogen and oxygen atoms in total. The minimum absolute atomic E-state index is 0.201. The summed E-state index contributed by atoms with van der Waals surface area (Å²) in [6.07, 6.45) is 1.30. The molecular formula is C12H20N4O2. The van der Waals surface area contributed by atoms with E-state index in [4.69, 9.17) is 4.84 Å². The number of hydrogen-bond donors (Lipinski definition) is 1. The Kier molecular flexibility index (Phi) is 4.47. The molecule has 0 radical (unpaired) electrons. The van der Waals surface area contributed by atoms with Gasteiger partial charge in [0.2, 0.25) is 0 Å². The smallest absolute Gasteiger partial charge is 0.323 e. The molecule has 1 N–H and O–H groups in total. The summed E-state index contributed by atoms with van der Waals surface area (Å²) in [5, 5.41) is 10.6. The lowest BCUT2D eigenvalue weighted by molar-refractivity contribution is 0.151. The first-order valence-corrected chi connectivity index (χ1v) is 5.79. The largest absolute Gasteiger partial charge is 0.433 e. The second-order valence-electron chi connectivity index (χ2n) is 5.07. The highest BCUT2D eigenvalue weighted by Crippen LogP contribution is 2.17. The molecule has 0 aromatic carbocycles. The van der Waals surface area contributed by atoms with Gasteiger partial charge < -0.3 is 5.32 Å². The number of amides is 1. The summed E-state index contributed by atoms with van der Waals surface area (Å²) in [6, 6.07) is 1.92. The van der Waals surface area contributed by atoms with Crippen LogP contribution in [0.15, 0.2) is 17.4 Å². The maximum absolute atomic E-state index is 11.0. The first-order chi connectivity index (χ1) is 8.32. The second-order valence-corrected chi connectivity index (χ2v) is 5.07. The normalized spacial score (nSPS) is 12.4. The molecule has 0 aliphatic rings. The van der Waals surface area contributed by atoms with Crippen LogP contribution in [-0.4, -0.2) is 28.6 Å². The average molecular weight is 252 g/mol. The van der Waals surface area contributed by atoms with Gasteiger partial charge in [-0.25, -0.2) is 4.79 Å². The second kappa shape index (κ2) is 5.66. The molecule has 1 aromatic heterocycles. The van der Waals surface area contributed by atoms with Crippen molar-refractivity contribution in [1.82, 2.24) is 15.1 Å². The molecular weight excluding hydrogens is 232 g/mol. The van der Waals surface area contributed by atoms with E-state index in [-0.39, 0.29) is 5.41 Å². The summed E-state index contributed by atoms with van der Waals surface area (Å²) in [6.45, 7) is 8.44. The van der Waals surface area contributed by atoms with Crippen molar-refractivity contribution in [2.45, 2.75) is 34.2 Å². The Labute approximate surface area is 107 Å². The van der Waals surface area contributed by atoms with Crippen molar-refractivity contribution in [2.24, 2.45) is 10.6 Å². The summed E-state index contributed by atoms with van der Waals surface area (Å²) < 4.78 is 1.77. The molecule has 18 heavy (non-hydrogen) atoms. The van der Waals surface area contributed by atoms with E-state index in [9.17, 15) is 4.79 Å².